The molecule has 0 saturated carbocycles. The van der Waals surface area contributed by atoms with Gasteiger partial charge in [-0.2, -0.15) is 0 Å². The summed E-state index contributed by atoms with van der Waals surface area (Å²) in [6, 6.07) is 4.18. The van der Waals surface area contributed by atoms with Gasteiger partial charge in [-0.05, 0) is 18.6 Å². The molecule has 1 aromatic carbocycles. The number of benzene rings is 1. The lowest BCUT2D eigenvalue weighted by atomic mass is 10.0. The molecule has 7 heteroatoms. The molecule has 0 heterocycles. The van der Waals surface area contributed by atoms with Crippen LogP contribution in [0.15, 0.2) is 18.2 Å². The summed E-state index contributed by atoms with van der Waals surface area (Å²) < 4.78 is 0. The van der Waals surface area contributed by atoms with Crippen LogP contribution in [0.1, 0.15) is 49.4 Å². The summed E-state index contributed by atoms with van der Waals surface area (Å²) in [5, 5.41) is 22.7. The maximum Gasteiger partial charge on any atom is 0.303 e. The third-order valence-electron chi connectivity index (χ3n) is 3.18. The Labute approximate surface area is 128 Å². The Morgan fingerprint density at radius 2 is 2.00 bits per heavy atom. The minimum Gasteiger partial charge on any atom is -0.481 e. The van der Waals surface area contributed by atoms with Gasteiger partial charge < -0.3 is 10.4 Å². The zero-order chi connectivity index (χ0) is 16.5. The fourth-order valence-electron chi connectivity index (χ4n) is 1.97. The van der Waals surface area contributed by atoms with E-state index in [0.29, 0.717) is 12.2 Å². The van der Waals surface area contributed by atoms with Crippen molar-refractivity contribution < 1.29 is 19.6 Å². The Morgan fingerprint density at radius 1 is 1.27 bits per heavy atom. The smallest absolute Gasteiger partial charge is 0.303 e. The second-order valence-corrected chi connectivity index (χ2v) is 4.94. The van der Waals surface area contributed by atoms with Gasteiger partial charge in [-0.1, -0.05) is 19.8 Å². The normalized spacial score (nSPS) is 10.2. The number of rotatable bonds is 10. The lowest BCUT2D eigenvalue weighted by Crippen LogP contribution is -2.07. The molecular weight excluding hydrogens is 288 g/mol. The molecule has 0 radical (unpaired) electrons. The number of nitro groups is 1. The van der Waals surface area contributed by atoms with Crippen LogP contribution >= 0.6 is 0 Å². The molecule has 2 N–H and O–H groups in total. The summed E-state index contributed by atoms with van der Waals surface area (Å²) >= 11 is 0. The standard InChI is InChI=1S/C15H20N2O5/c1-2-3-4-9-16-12-6-5-11(10-13(12)17(21)22)14(18)7-8-15(19)20/h5-6,10,16H,2-4,7-9H2,1H3,(H,19,20). The maximum atomic E-state index is 11.8. The number of anilines is 1. The SMILES string of the molecule is CCCCCNc1ccc(C(=O)CCC(=O)O)cc1[N+](=O)[O-]. The number of aliphatic carboxylic acids is 1. The lowest BCUT2D eigenvalue weighted by molar-refractivity contribution is -0.384. The van der Waals surface area contributed by atoms with Crippen LogP contribution in [0.3, 0.4) is 0 Å². The molecular formula is C15H20N2O5. The number of carboxylic acids is 1. The number of unbranched alkanes of at least 4 members (excludes halogenated alkanes) is 2. The van der Waals surface area contributed by atoms with Crippen molar-refractivity contribution in [3.05, 3.63) is 33.9 Å². The summed E-state index contributed by atoms with van der Waals surface area (Å²) in [6.45, 7) is 2.70. The van der Waals surface area contributed by atoms with Crippen LogP contribution in [0, 0.1) is 10.1 Å². The highest BCUT2D eigenvalue weighted by Crippen LogP contribution is 2.26. The van der Waals surface area contributed by atoms with Gasteiger partial charge in [-0.3, -0.25) is 19.7 Å². The van der Waals surface area contributed by atoms with E-state index in [2.05, 4.69) is 12.2 Å². The van der Waals surface area contributed by atoms with Crippen LogP contribution in [0.2, 0.25) is 0 Å². The predicted molar refractivity (Wildman–Crippen MR) is 82.3 cm³/mol. The quantitative estimate of drug-likeness (QED) is 0.297. The minimum atomic E-state index is -1.07. The van der Waals surface area contributed by atoms with Gasteiger partial charge >= 0.3 is 5.97 Å². The number of Topliss-reactive ketones (excluding diaryl/α,β-unsaturated/α-hetero) is 1. The highest BCUT2D eigenvalue weighted by atomic mass is 16.6. The molecule has 0 aliphatic carbocycles. The molecule has 0 bridgehead atoms. The first-order chi connectivity index (χ1) is 10.5. The van der Waals surface area contributed by atoms with Crippen molar-refractivity contribution in [3.63, 3.8) is 0 Å². The summed E-state index contributed by atoms with van der Waals surface area (Å²) in [5.41, 5.74) is 0.362. The zero-order valence-corrected chi connectivity index (χ0v) is 12.5. The van der Waals surface area contributed by atoms with Crippen LogP contribution in [0.25, 0.3) is 0 Å². The third kappa shape index (κ3) is 5.51. The van der Waals surface area contributed by atoms with Crippen LogP contribution < -0.4 is 5.32 Å². The molecule has 0 aromatic heterocycles. The fraction of sp³-hybridized carbons (Fsp3) is 0.467. The van der Waals surface area contributed by atoms with Crippen molar-refractivity contribution in [2.45, 2.75) is 39.0 Å². The topological polar surface area (TPSA) is 110 Å². The average Bonchev–Trinajstić information content (AvgIpc) is 2.49. The highest BCUT2D eigenvalue weighted by molar-refractivity contribution is 5.98. The number of carbonyl (C=O) groups is 2. The van der Waals surface area contributed by atoms with Crippen molar-refractivity contribution >= 4 is 23.1 Å². The molecule has 0 fully saturated rings. The lowest BCUT2D eigenvalue weighted by Gasteiger charge is -2.08. The summed E-state index contributed by atoms with van der Waals surface area (Å²) in [6.07, 6.45) is 2.54. The van der Waals surface area contributed by atoms with Gasteiger partial charge in [0, 0.05) is 24.6 Å². The largest absolute Gasteiger partial charge is 0.481 e. The number of carboxylic acid groups (broad SMARTS) is 1. The molecule has 120 valence electrons. The number of nitrogens with one attached hydrogen (secondary N) is 1. The molecule has 0 saturated heterocycles. The molecule has 0 aliphatic rings. The Kier molecular flexibility index (Phi) is 7.01. The van der Waals surface area contributed by atoms with Crippen molar-refractivity contribution in [3.8, 4) is 0 Å². The number of ketones is 1. The molecule has 0 atom stereocenters. The van der Waals surface area contributed by atoms with Gasteiger partial charge in [0.25, 0.3) is 5.69 Å². The second-order valence-electron chi connectivity index (χ2n) is 4.94. The molecule has 22 heavy (non-hydrogen) atoms. The molecule has 0 aliphatic heterocycles. The molecule has 0 unspecified atom stereocenters. The minimum absolute atomic E-state index is 0.159. The summed E-state index contributed by atoms with van der Waals surface area (Å²) in [4.78, 5) is 32.9. The second kappa shape index (κ2) is 8.76. The van der Waals surface area contributed by atoms with Gasteiger partial charge in [-0.15, -0.1) is 0 Å². The van der Waals surface area contributed by atoms with E-state index in [1.54, 1.807) is 0 Å². The maximum absolute atomic E-state index is 11.8. The van der Waals surface area contributed by atoms with E-state index in [9.17, 15) is 19.7 Å². The molecule has 7 nitrogen and oxygen atoms in total. The van der Waals surface area contributed by atoms with Crippen LogP contribution in [-0.4, -0.2) is 28.3 Å². The monoisotopic (exact) mass is 308 g/mol. The number of nitro benzene ring substituents is 1. The predicted octanol–water partition coefficient (Wildman–Crippen LogP) is 3.24. The van der Waals surface area contributed by atoms with E-state index in [1.807, 2.05) is 0 Å². The van der Waals surface area contributed by atoms with Crippen molar-refractivity contribution in [1.82, 2.24) is 0 Å². The van der Waals surface area contributed by atoms with Crippen LogP contribution in [0.5, 0.6) is 0 Å². The molecule has 1 aromatic rings. The van der Waals surface area contributed by atoms with Gasteiger partial charge in [0.1, 0.15) is 5.69 Å². The Bertz CT molecular complexity index is 557. The fourth-order valence-corrected chi connectivity index (χ4v) is 1.97. The highest BCUT2D eigenvalue weighted by Gasteiger charge is 2.17. The molecule has 0 spiro atoms. The van der Waals surface area contributed by atoms with E-state index in [4.69, 9.17) is 5.11 Å². The van der Waals surface area contributed by atoms with Crippen molar-refractivity contribution in [2.24, 2.45) is 0 Å². The van der Waals surface area contributed by atoms with Gasteiger partial charge in [0.2, 0.25) is 0 Å². The third-order valence-corrected chi connectivity index (χ3v) is 3.18. The first-order valence-corrected chi connectivity index (χ1v) is 7.23. The van der Waals surface area contributed by atoms with Gasteiger partial charge in [-0.25, -0.2) is 0 Å². The summed E-state index contributed by atoms with van der Waals surface area (Å²) in [5.74, 6) is -1.49. The zero-order valence-electron chi connectivity index (χ0n) is 12.5. The number of hydrogen-bond donors (Lipinski definition) is 2. The van der Waals surface area contributed by atoms with E-state index < -0.39 is 16.7 Å². The van der Waals surface area contributed by atoms with E-state index >= 15 is 0 Å². The Balaban J connectivity index is 2.82. The number of hydrogen-bond acceptors (Lipinski definition) is 5. The van der Waals surface area contributed by atoms with Crippen molar-refractivity contribution in [1.29, 1.82) is 0 Å². The van der Waals surface area contributed by atoms with Crippen LogP contribution in [-0.2, 0) is 4.79 Å². The number of carbonyl (C=O) groups excluding carboxylic acids is 1. The Hall–Kier alpha value is -2.44. The average molecular weight is 308 g/mol. The van der Waals surface area contributed by atoms with Gasteiger partial charge in [0.05, 0.1) is 11.3 Å². The van der Waals surface area contributed by atoms with Gasteiger partial charge in [0.15, 0.2) is 5.78 Å². The molecule has 1 rings (SSSR count). The van der Waals surface area contributed by atoms with E-state index in [-0.39, 0.29) is 24.1 Å². The van der Waals surface area contributed by atoms with E-state index in [1.165, 1.54) is 18.2 Å². The number of nitrogens with zero attached hydrogens (tertiary/aromatic N) is 1. The first kappa shape index (κ1) is 17.6. The summed E-state index contributed by atoms with van der Waals surface area (Å²) in [7, 11) is 0. The first-order valence-electron chi connectivity index (χ1n) is 7.23. The van der Waals surface area contributed by atoms with E-state index in [0.717, 1.165) is 19.3 Å². The van der Waals surface area contributed by atoms with Crippen molar-refractivity contribution in [2.75, 3.05) is 11.9 Å². The molecule has 0 amide bonds. The van der Waals surface area contributed by atoms with Crippen LogP contribution in [0.4, 0.5) is 11.4 Å². The Morgan fingerprint density at radius 3 is 2.59 bits per heavy atom.